The predicted molar refractivity (Wildman–Crippen MR) is 254 cm³/mol. The highest BCUT2D eigenvalue weighted by Gasteiger charge is 2.43. The molecule has 8 aromatic carbocycles. The monoisotopic (exact) mass is 793 g/mol. The number of nitriles is 1. The Morgan fingerprint density at radius 2 is 0.790 bits per heavy atom. The molecule has 1 heterocycles. The lowest BCUT2D eigenvalue weighted by molar-refractivity contribution is 0.353. The van der Waals surface area contributed by atoms with Crippen LogP contribution in [-0.4, -0.2) is 9.97 Å². The molecule has 1 aromatic heterocycles. The smallest absolute Gasteiger partial charge is 0.160 e. The summed E-state index contributed by atoms with van der Waals surface area (Å²) >= 11 is 0. The molecule has 9 aromatic rings. The molecule has 0 radical (unpaired) electrons. The molecular formula is C59H43N3. The minimum atomic E-state index is 0.0524. The molecule has 0 bridgehead atoms. The first kappa shape index (κ1) is 37.3. The summed E-state index contributed by atoms with van der Waals surface area (Å²) in [5, 5.41) is 9.67. The second-order valence-electron chi connectivity index (χ2n) is 16.8. The van der Waals surface area contributed by atoms with Crippen LogP contribution < -0.4 is 0 Å². The Morgan fingerprint density at radius 1 is 0.355 bits per heavy atom. The summed E-state index contributed by atoms with van der Waals surface area (Å²) < 4.78 is 0. The third kappa shape index (κ3) is 6.81. The van der Waals surface area contributed by atoms with Gasteiger partial charge < -0.3 is 0 Å². The van der Waals surface area contributed by atoms with E-state index in [0.717, 1.165) is 39.2 Å². The highest BCUT2D eigenvalue weighted by Crippen LogP contribution is 2.56. The fourth-order valence-corrected chi connectivity index (χ4v) is 9.91. The minimum absolute atomic E-state index is 0.0524. The van der Waals surface area contributed by atoms with E-state index in [-0.39, 0.29) is 5.41 Å². The van der Waals surface area contributed by atoms with E-state index >= 15 is 0 Å². The largest absolute Gasteiger partial charge is 0.228 e. The molecule has 1 saturated carbocycles. The van der Waals surface area contributed by atoms with Crippen molar-refractivity contribution in [2.24, 2.45) is 0 Å². The zero-order chi connectivity index (χ0) is 41.5. The standard InChI is InChI=1S/C59H43N3/c60-39-40-14-33-54-53(36-40)52-32-31-51(37-55(52)59(54)34-8-3-9-35-59)47-21-19-45(20-22-47)43-15-17-44(18-16-43)46-25-29-49(30-26-46)57-38-56(61-58(62-57)50-12-6-2-7-13-50)48-27-23-42(24-28-48)41-10-4-1-5-11-41/h1-2,4-7,10-33,36-38H,3,8-9,34-35H2. The summed E-state index contributed by atoms with van der Waals surface area (Å²) in [6, 6.07) is 73.7. The summed E-state index contributed by atoms with van der Waals surface area (Å²) in [6.07, 6.45) is 6.13. The molecule has 0 aliphatic heterocycles. The number of aromatic nitrogens is 2. The number of fused-ring (bicyclic) bond motifs is 5. The Labute approximate surface area is 363 Å². The number of benzene rings is 8. The Kier molecular flexibility index (Phi) is 9.48. The first-order valence-electron chi connectivity index (χ1n) is 21.7. The first-order chi connectivity index (χ1) is 30.6. The van der Waals surface area contributed by atoms with Crippen molar-refractivity contribution in [1.29, 1.82) is 5.26 Å². The fraction of sp³-hybridized carbons (Fsp3) is 0.102. The fourth-order valence-electron chi connectivity index (χ4n) is 9.91. The Bertz CT molecular complexity index is 3100. The van der Waals surface area contributed by atoms with Crippen LogP contribution >= 0.6 is 0 Å². The lowest BCUT2D eigenvalue weighted by Crippen LogP contribution is -2.28. The third-order valence-electron chi connectivity index (χ3n) is 13.2. The van der Waals surface area contributed by atoms with E-state index in [0.29, 0.717) is 5.82 Å². The van der Waals surface area contributed by atoms with Gasteiger partial charge in [-0.25, -0.2) is 9.97 Å². The van der Waals surface area contributed by atoms with E-state index in [9.17, 15) is 5.26 Å². The maximum atomic E-state index is 9.67. The van der Waals surface area contributed by atoms with Gasteiger partial charge in [-0.15, -0.1) is 0 Å². The van der Waals surface area contributed by atoms with Gasteiger partial charge in [-0.2, -0.15) is 5.26 Å². The summed E-state index contributed by atoms with van der Waals surface area (Å²) in [6.45, 7) is 0. The molecule has 0 unspecified atom stereocenters. The molecule has 62 heavy (non-hydrogen) atoms. The molecule has 0 amide bonds. The molecule has 0 N–H and O–H groups in total. The second-order valence-corrected chi connectivity index (χ2v) is 16.8. The lowest BCUT2D eigenvalue weighted by atomic mass is 9.67. The molecule has 0 saturated heterocycles. The van der Waals surface area contributed by atoms with E-state index in [1.807, 2.05) is 30.3 Å². The molecule has 1 fully saturated rings. The molecule has 11 rings (SSSR count). The van der Waals surface area contributed by atoms with E-state index in [2.05, 4.69) is 176 Å². The van der Waals surface area contributed by atoms with Gasteiger partial charge in [-0.1, -0.05) is 195 Å². The van der Waals surface area contributed by atoms with Crippen molar-refractivity contribution in [3.05, 3.63) is 217 Å². The maximum Gasteiger partial charge on any atom is 0.160 e. The summed E-state index contributed by atoms with van der Waals surface area (Å²) in [7, 11) is 0. The first-order valence-corrected chi connectivity index (χ1v) is 21.7. The van der Waals surface area contributed by atoms with Crippen LogP contribution in [0.4, 0.5) is 0 Å². The van der Waals surface area contributed by atoms with Gasteiger partial charge in [0.15, 0.2) is 5.82 Å². The third-order valence-corrected chi connectivity index (χ3v) is 13.2. The Hall–Kier alpha value is -7.67. The van der Waals surface area contributed by atoms with Gasteiger partial charge >= 0.3 is 0 Å². The normalized spacial score (nSPS) is 13.6. The number of rotatable bonds is 7. The maximum absolute atomic E-state index is 9.67. The topological polar surface area (TPSA) is 49.6 Å². The SMILES string of the molecule is N#Cc1ccc2c(c1)-c1ccc(-c3ccc(-c4ccc(-c5ccc(-c6cc(-c7ccc(-c8ccccc8)cc7)nc(-c7ccccc7)n6)cc5)cc4)cc3)cc1C21CCCCC1. The molecule has 0 atom stereocenters. The summed E-state index contributed by atoms with van der Waals surface area (Å²) in [5.41, 5.74) is 20.6. The second kappa shape index (κ2) is 15.7. The van der Waals surface area contributed by atoms with Crippen molar-refractivity contribution in [2.45, 2.75) is 37.5 Å². The predicted octanol–water partition coefficient (Wildman–Crippen LogP) is 15.2. The van der Waals surface area contributed by atoms with Gasteiger partial charge in [0.25, 0.3) is 0 Å². The van der Waals surface area contributed by atoms with Gasteiger partial charge in [-0.3, -0.25) is 0 Å². The van der Waals surface area contributed by atoms with Crippen LogP contribution in [0, 0.1) is 11.3 Å². The zero-order valence-corrected chi connectivity index (χ0v) is 34.4. The number of nitrogens with zero attached hydrogens (tertiary/aromatic N) is 3. The van der Waals surface area contributed by atoms with Crippen molar-refractivity contribution in [1.82, 2.24) is 9.97 Å². The highest BCUT2D eigenvalue weighted by molar-refractivity contribution is 5.85. The quantitative estimate of drug-likeness (QED) is 0.161. The summed E-state index contributed by atoms with van der Waals surface area (Å²) in [4.78, 5) is 10.1. The molecule has 3 heteroatoms. The van der Waals surface area contributed by atoms with Gasteiger partial charge in [0.2, 0.25) is 0 Å². The van der Waals surface area contributed by atoms with E-state index in [4.69, 9.17) is 9.97 Å². The average Bonchev–Trinajstić information content (AvgIpc) is 3.61. The van der Waals surface area contributed by atoms with Crippen molar-refractivity contribution in [2.75, 3.05) is 0 Å². The van der Waals surface area contributed by atoms with Crippen LogP contribution in [0.25, 0.3) is 89.5 Å². The molecular weight excluding hydrogens is 751 g/mol. The Balaban J connectivity index is 0.837. The van der Waals surface area contributed by atoms with Crippen LogP contribution in [0.5, 0.6) is 0 Å². The van der Waals surface area contributed by atoms with Gasteiger partial charge in [0, 0.05) is 22.1 Å². The zero-order valence-electron chi connectivity index (χ0n) is 34.4. The number of hydrogen-bond acceptors (Lipinski definition) is 3. The average molecular weight is 794 g/mol. The van der Waals surface area contributed by atoms with Crippen molar-refractivity contribution in [3.63, 3.8) is 0 Å². The minimum Gasteiger partial charge on any atom is -0.228 e. The number of hydrogen-bond donors (Lipinski definition) is 0. The van der Waals surface area contributed by atoms with Crippen LogP contribution in [0.1, 0.15) is 48.8 Å². The van der Waals surface area contributed by atoms with E-state index in [1.165, 1.54) is 93.3 Å². The molecule has 294 valence electrons. The molecule has 3 nitrogen and oxygen atoms in total. The molecule has 2 aliphatic carbocycles. The van der Waals surface area contributed by atoms with Crippen LogP contribution in [0.2, 0.25) is 0 Å². The van der Waals surface area contributed by atoms with E-state index in [1.54, 1.807) is 0 Å². The van der Waals surface area contributed by atoms with Gasteiger partial charge in [0.1, 0.15) is 0 Å². The van der Waals surface area contributed by atoms with Crippen LogP contribution in [0.15, 0.2) is 200 Å². The summed E-state index contributed by atoms with van der Waals surface area (Å²) in [5.74, 6) is 0.708. The van der Waals surface area contributed by atoms with E-state index < -0.39 is 0 Å². The van der Waals surface area contributed by atoms with Gasteiger partial charge in [-0.05, 0) is 104 Å². The van der Waals surface area contributed by atoms with Crippen molar-refractivity contribution < 1.29 is 0 Å². The Morgan fingerprint density at radius 3 is 1.29 bits per heavy atom. The molecule has 2 aliphatic rings. The molecule has 1 spiro atoms. The van der Waals surface area contributed by atoms with Crippen molar-refractivity contribution >= 4 is 0 Å². The highest BCUT2D eigenvalue weighted by atomic mass is 14.9. The van der Waals surface area contributed by atoms with Crippen LogP contribution in [-0.2, 0) is 5.41 Å². The van der Waals surface area contributed by atoms with Crippen molar-refractivity contribution in [3.8, 4) is 95.6 Å². The lowest BCUT2D eigenvalue weighted by Gasteiger charge is -2.36. The van der Waals surface area contributed by atoms with Crippen LogP contribution in [0.3, 0.4) is 0 Å². The van der Waals surface area contributed by atoms with Gasteiger partial charge in [0.05, 0.1) is 23.0 Å².